The zero-order valence-electron chi connectivity index (χ0n) is 20.8. The highest BCUT2D eigenvalue weighted by atomic mass is 32.2. The Balaban J connectivity index is 1.83. The lowest BCUT2D eigenvalue weighted by Gasteiger charge is -2.14. The van der Waals surface area contributed by atoms with E-state index >= 15 is 0 Å². The fourth-order valence-electron chi connectivity index (χ4n) is 3.72. The van der Waals surface area contributed by atoms with Crippen LogP contribution < -0.4 is 10.9 Å². The summed E-state index contributed by atoms with van der Waals surface area (Å²) in [4.78, 5) is 43.8. The maximum Gasteiger partial charge on any atom is 0.303 e. The average Bonchev–Trinajstić information content (AvgIpc) is 3.08. The van der Waals surface area contributed by atoms with E-state index in [0.717, 1.165) is 23.7 Å². The standard InChI is InChI=1S/C25H32N4O5S2/c1-16(2)34-14-8-11-26-21-18(23(32)28-13-7-9-17(3)22(28)27-21)15-19-24(33)29(25(35)36-19)12-6-4-5-10-20(30)31/h7,9,13,15-16,26H,4-6,8,10-12,14H2,1-3H3,(H,30,31). The number of nitrogens with zero attached hydrogens (tertiary/aromatic N) is 3. The lowest BCUT2D eigenvalue weighted by Crippen LogP contribution is -2.29. The number of aliphatic carboxylic acids is 1. The molecule has 1 aliphatic heterocycles. The van der Waals surface area contributed by atoms with Crippen LogP contribution in [0, 0.1) is 6.92 Å². The number of nitrogens with one attached hydrogen (secondary N) is 1. The molecule has 3 heterocycles. The third kappa shape index (κ3) is 7.14. The van der Waals surface area contributed by atoms with Gasteiger partial charge >= 0.3 is 5.97 Å². The molecular weight excluding hydrogens is 500 g/mol. The minimum absolute atomic E-state index is 0.107. The number of hydrogen-bond acceptors (Lipinski definition) is 8. The van der Waals surface area contributed by atoms with Gasteiger partial charge in [0.15, 0.2) is 0 Å². The van der Waals surface area contributed by atoms with Crippen LogP contribution in [0.2, 0.25) is 0 Å². The normalized spacial score (nSPS) is 15.0. The number of thioether (sulfide) groups is 1. The van der Waals surface area contributed by atoms with Crippen LogP contribution in [-0.2, 0) is 14.3 Å². The smallest absolute Gasteiger partial charge is 0.303 e. The Morgan fingerprint density at radius 3 is 2.78 bits per heavy atom. The first-order valence-corrected chi connectivity index (χ1v) is 13.3. The van der Waals surface area contributed by atoms with Crippen molar-refractivity contribution in [1.82, 2.24) is 14.3 Å². The zero-order valence-corrected chi connectivity index (χ0v) is 22.4. The number of carboxylic acids is 1. The van der Waals surface area contributed by atoms with Gasteiger partial charge in [0.25, 0.3) is 11.5 Å². The van der Waals surface area contributed by atoms with Gasteiger partial charge in [-0.1, -0.05) is 36.5 Å². The van der Waals surface area contributed by atoms with Gasteiger partial charge in [0, 0.05) is 32.3 Å². The van der Waals surface area contributed by atoms with Crippen LogP contribution in [-0.4, -0.2) is 61.4 Å². The van der Waals surface area contributed by atoms with Crippen LogP contribution >= 0.6 is 24.0 Å². The number of carboxylic acid groups (broad SMARTS) is 1. The topological polar surface area (TPSA) is 113 Å². The second-order valence-corrected chi connectivity index (χ2v) is 10.5. The predicted octanol–water partition coefficient (Wildman–Crippen LogP) is 4.08. The van der Waals surface area contributed by atoms with E-state index in [1.807, 2.05) is 26.8 Å². The second kappa shape index (κ2) is 13.0. The summed E-state index contributed by atoms with van der Waals surface area (Å²) in [7, 11) is 0. The number of anilines is 1. The Bertz CT molecular complexity index is 1220. The molecule has 3 rings (SSSR count). The van der Waals surface area contributed by atoms with Crippen LogP contribution in [0.1, 0.15) is 57.1 Å². The molecular formula is C25H32N4O5S2. The summed E-state index contributed by atoms with van der Waals surface area (Å²) in [6, 6.07) is 3.68. The summed E-state index contributed by atoms with van der Waals surface area (Å²) < 4.78 is 7.50. The van der Waals surface area contributed by atoms with Gasteiger partial charge in [-0.15, -0.1) is 0 Å². The maximum absolute atomic E-state index is 13.4. The molecule has 0 atom stereocenters. The first-order chi connectivity index (χ1) is 17.2. The number of carbonyl (C=O) groups is 2. The molecule has 0 bridgehead atoms. The van der Waals surface area contributed by atoms with Crippen LogP contribution in [0.4, 0.5) is 5.82 Å². The van der Waals surface area contributed by atoms with Crippen molar-refractivity contribution in [3.63, 3.8) is 0 Å². The number of rotatable bonds is 13. The number of pyridine rings is 1. The molecule has 2 N–H and O–H groups in total. The highest BCUT2D eigenvalue weighted by molar-refractivity contribution is 8.26. The minimum Gasteiger partial charge on any atom is -0.481 e. The molecule has 1 saturated heterocycles. The highest BCUT2D eigenvalue weighted by Crippen LogP contribution is 2.33. The summed E-state index contributed by atoms with van der Waals surface area (Å²) in [6.07, 6.45) is 6.11. The summed E-state index contributed by atoms with van der Waals surface area (Å²) in [5.74, 6) is -0.670. The third-order valence-electron chi connectivity index (χ3n) is 5.57. The van der Waals surface area contributed by atoms with E-state index < -0.39 is 5.97 Å². The number of unbranched alkanes of at least 4 members (excludes halogenated alkanes) is 2. The fourth-order valence-corrected chi connectivity index (χ4v) is 5.01. The van der Waals surface area contributed by atoms with Crippen molar-refractivity contribution in [2.75, 3.05) is 25.0 Å². The molecule has 1 aliphatic rings. The zero-order chi connectivity index (χ0) is 26.2. The van der Waals surface area contributed by atoms with Crippen LogP contribution in [0.5, 0.6) is 0 Å². The van der Waals surface area contributed by atoms with E-state index in [-0.39, 0.29) is 24.0 Å². The van der Waals surface area contributed by atoms with Crippen molar-refractivity contribution < 1.29 is 19.4 Å². The number of thiocarbonyl (C=S) groups is 1. The molecule has 9 nitrogen and oxygen atoms in total. The Hall–Kier alpha value is -2.76. The number of aromatic nitrogens is 2. The monoisotopic (exact) mass is 532 g/mol. The molecule has 1 fully saturated rings. The Morgan fingerprint density at radius 2 is 2.06 bits per heavy atom. The molecule has 194 valence electrons. The number of aryl methyl sites for hydroxylation is 1. The van der Waals surface area contributed by atoms with Crippen molar-refractivity contribution >= 4 is 57.7 Å². The van der Waals surface area contributed by atoms with Gasteiger partial charge in [0.05, 0.1) is 16.6 Å². The van der Waals surface area contributed by atoms with E-state index in [1.165, 1.54) is 9.30 Å². The van der Waals surface area contributed by atoms with Gasteiger partial charge in [-0.25, -0.2) is 4.98 Å². The Kier molecular flexibility index (Phi) is 10.0. The second-order valence-electron chi connectivity index (χ2n) is 8.80. The van der Waals surface area contributed by atoms with E-state index in [4.69, 9.17) is 27.0 Å². The summed E-state index contributed by atoms with van der Waals surface area (Å²) in [5, 5.41) is 12.0. The van der Waals surface area contributed by atoms with Gasteiger partial charge < -0.3 is 15.2 Å². The van der Waals surface area contributed by atoms with E-state index in [1.54, 1.807) is 18.3 Å². The number of carbonyl (C=O) groups excluding carboxylic acids is 1. The summed E-state index contributed by atoms with van der Waals surface area (Å²) in [6.45, 7) is 7.40. The number of ether oxygens (including phenoxy) is 1. The maximum atomic E-state index is 13.4. The third-order valence-corrected chi connectivity index (χ3v) is 6.95. The van der Waals surface area contributed by atoms with E-state index in [0.29, 0.717) is 65.2 Å². The van der Waals surface area contributed by atoms with E-state index in [2.05, 4.69) is 5.32 Å². The van der Waals surface area contributed by atoms with Crippen LogP contribution in [0.15, 0.2) is 28.0 Å². The van der Waals surface area contributed by atoms with Crippen molar-refractivity contribution in [2.24, 2.45) is 0 Å². The Morgan fingerprint density at radius 1 is 1.28 bits per heavy atom. The molecule has 0 spiro atoms. The van der Waals surface area contributed by atoms with Gasteiger partial charge in [-0.05, 0) is 57.7 Å². The van der Waals surface area contributed by atoms with Gasteiger partial charge in [-0.2, -0.15) is 0 Å². The lowest BCUT2D eigenvalue weighted by atomic mass is 10.2. The number of amides is 1. The first-order valence-electron chi connectivity index (χ1n) is 12.0. The van der Waals surface area contributed by atoms with Crippen molar-refractivity contribution in [3.05, 3.63) is 44.7 Å². The van der Waals surface area contributed by atoms with Gasteiger partial charge in [0.1, 0.15) is 15.8 Å². The molecule has 2 aromatic rings. The predicted molar refractivity (Wildman–Crippen MR) is 146 cm³/mol. The molecule has 0 aliphatic carbocycles. The quantitative estimate of drug-likeness (QED) is 0.224. The van der Waals surface area contributed by atoms with Crippen molar-refractivity contribution in [1.29, 1.82) is 0 Å². The Labute approximate surface area is 219 Å². The van der Waals surface area contributed by atoms with Crippen LogP contribution in [0.3, 0.4) is 0 Å². The molecule has 0 aromatic carbocycles. The molecule has 36 heavy (non-hydrogen) atoms. The summed E-state index contributed by atoms with van der Waals surface area (Å²) >= 11 is 6.57. The molecule has 2 aromatic heterocycles. The van der Waals surface area contributed by atoms with E-state index in [9.17, 15) is 14.4 Å². The number of fused-ring (bicyclic) bond motifs is 1. The van der Waals surface area contributed by atoms with Gasteiger partial charge in [0.2, 0.25) is 0 Å². The lowest BCUT2D eigenvalue weighted by molar-refractivity contribution is -0.137. The molecule has 0 radical (unpaired) electrons. The van der Waals surface area contributed by atoms with Crippen LogP contribution in [0.25, 0.3) is 11.7 Å². The SMILES string of the molecule is Cc1cccn2c(=O)c(C=C3SC(=S)N(CCCCCC(=O)O)C3=O)c(NCCCOC(C)C)nc12. The van der Waals surface area contributed by atoms with Gasteiger partial charge in [-0.3, -0.25) is 23.7 Å². The fraction of sp³-hybridized carbons (Fsp3) is 0.480. The molecule has 11 heteroatoms. The minimum atomic E-state index is -0.828. The summed E-state index contributed by atoms with van der Waals surface area (Å²) in [5.41, 5.74) is 1.43. The number of hydrogen-bond donors (Lipinski definition) is 2. The molecule has 0 saturated carbocycles. The largest absolute Gasteiger partial charge is 0.481 e. The first kappa shape index (κ1) is 27.8. The average molecular weight is 533 g/mol. The molecule has 1 amide bonds. The molecule has 0 unspecified atom stereocenters. The van der Waals surface area contributed by atoms with Crippen molar-refractivity contribution in [2.45, 2.75) is 59.0 Å². The van der Waals surface area contributed by atoms with Crippen molar-refractivity contribution in [3.8, 4) is 0 Å². The highest BCUT2D eigenvalue weighted by Gasteiger charge is 2.32.